The van der Waals surface area contributed by atoms with Gasteiger partial charge in [0.05, 0.1) is 6.61 Å². The Morgan fingerprint density at radius 2 is 2.25 bits per heavy atom. The number of nitrogens with zero attached hydrogens (tertiary/aromatic N) is 2. The fraction of sp³-hybridized carbons (Fsp3) is 0.636. The van der Waals surface area contributed by atoms with Crippen LogP contribution in [0.2, 0.25) is 0 Å². The zero-order chi connectivity index (χ0) is 11.6. The van der Waals surface area contributed by atoms with Crippen LogP contribution in [0.5, 0.6) is 0 Å². The average molecular weight is 222 g/mol. The molecule has 5 heteroatoms. The summed E-state index contributed by atoms with van der Waals surface area (Å²) in [5, 5.41) is 12.5. The summed E-state index contributed by atoms with van der Waals surface area (Å²) in [5.41, 5.74) is 6.81. The number of nitrogen functional groups attached to an aromatic ring is 1. The predicted octanol–water partition coefficient (Wildman–Crippen LogP) is 0.806. The van der Waals surface area contributed by atoms with Crippen LogP contribution in [-0.2, 0) is 6.42 Å². The number of nitrogens with one attached hydrogen (secondary N) is 1. The molecule has 0 unspecified atom stereocenters. The molecule has 0 atom stereocenters. The SMILES string of the molecule is CCc1c(N)ncnc1NCC1(CO)CC1. The van der Waals surface area contributed by atoms with Crippen molar-refractivity contribution in [3.63, 3.8) is 0 Å². The zero-order valence-electron chi connectivity index (χ0n) is 9.53. The van der Waals surface area contributed by atoms with E-state index in [0.29, 0.717) is 5.82 Å². The van der Waals surface area contributed by atoms with E-state index in [1.807, 2.05) is 6.92 Å². The van der Waals surface area contributed by atoms with Crippen LogP contribution in [-0.4, -0.2) is 28.2 Å². The van der Waals surface area contributed by atoms with E-state index in [1.165, 1.54) is 6.33 Å². The maximum absolute atomic E-state index is 9.22. The summed E-state index contributed by atoms with van der Waals surface area (Å²) < 4.78 is 0. The average Bonchev–Trinajstić information content (AvgIpc) is 3.07. The summed E-state index contributed by atoms with van der Waals surface area (Å²) in [7, 11) is 0. The van der Waals surface area contributed by atoms with Crippen LogP contribution < -0.4 is 11.1 Å². The van der Waals surface area contributed by atoms with E-state index in [2.05, 4.69) is 15.3 Å². The number of anilines is 2. The van der Waals surface area contributed by atoms with Gasteiger partial charge in [-0.2, -0.15) is 0 Å². The number of hydrogen-bond acceptors (Lipinski definition) is 5. The van der Waals surface area contributed by atoms with E-state index < -0.39 is 0 Å². The molecule has 0 saturated heterocycles. The van der Waals surface area contributed by atoms with Gasteiger partial charge in [-0.25, -0.2) is 9.97 Å². The van der Waals surface area contributed by atoms with Gasteiger partial charge >= 0.3 is 0 Å². The molecule has 1 aromatic heterocycles. The third-order valence-corrected chi connectivity index (χ3v) is 3.26. The number of rotatable bonds is 5. The molecule has 0 aromatic carbocycles. The van der Waals surface area contributed by atoms with E-state index in [4.69, 9.17) is 5.73 Å². The molecule has 0 radical (unpaired) electrons. The van der Waals surface area contributed by atoms with Crippen molar-refractivity contribution in [2.45, 2.75) is 26.2 Å². The minimum absolute atomic E-state index is 0.0741. The highest BCUT2D eigenvalue weighted by molar-refractivity contribution is 5.55. The van der Waals surface area contributed by atoms with Crippen molar-refractivity contribution < 1.29 is 5.11 Å². The number of aliphatic hydroxyl groups excluding tert-OH is 1. The second-order valence-electron chi connectivity index (χ2n) is 4.45. The first kappa shape index (κ1) is 11.1. The minimum Gasteiger partial charge on any atom is -0.396 e. The van der Waals surface area contributed by atoms with Crippen LogP contribution in [0.15, 0.2) is 6.33 Å². The standard InChI is InChI=1S/C11H18N4O/c1-2-8-9(12)14-7-15-10(8)13-5-11(6-16)3-4-11/h7,16H,2-6H2,1H3,(H3,12,13,14,15). The number of hydrogen-bond donors (Lipinski definition) is 3. The van der Waals surface area contributed by atoms with Crippen molar-refractivity contribution in [3.05, 3.63) is 11.9 Å². The van der Waals surface area contributed by atoms with Gasteiger partial charge < -0.3 is 16.2 Å². The monoisotopic (exact) mass is 222 g/mol. The van der Waals surface area contributed by atoms with Gasteiger partial charge in [0, 0.05) is 17.5 Å². The molecule has 1 aromatic rings. The highest BCUT2D eigenvalue weighted by Gasteiger charge is 2.41. The van der Waals surface area contributed by atoms with Gasteiger partial charge in [0.15, 0.2) is 0 Å². The summed E-state index contributed by atoms with van der Waals surface area (Å²) in [6.45, 7) is 3.02. The largest absolute Gasteiger partial charge is 0.396 e. The molecule has 1 saturated carbocycles. The van der Waals surface area contributed by atoms with Crippen molar-refractivity contribution in [2.75, 3.05) is 24.2 Å². The maximum Gasteiger partial charge on any atom is 0.134 e. The van der Waals surface area contributed by atoms with Crippen molar-refractivity contribution in [1.82, 2.24) is 9.97 Å². The molecule has 16 heavy (non-hydrogen) atoms. The van der Waals surface area contributed by atoms with E-state index >= 15 is 0 Å². The van der Waals surface area contributed by atoms with Crippen LogP contribution in [0.4, 0.5) is 11.6 Å². The Kier molecular flexibility index (Phi) is 2.96. The molecular formula is C11H18N4O. The van der Waals surface area contributed by atoms with Gasteiger partial charge in [-0.3, -0.25) is 0 Å². The van der Waals surface area contributed by atoms with Crippen LogP contribution >= 0.6 is 0 Å². The smallest absolute Gasteiger partial charge is 0.134 e. The molecule has 1 aliphatic carbocycles. The van der Waals surface area contributed by atoms with Gasteiger partial charge in [-0.15, -0.1) is 0 Å². The summed E-state index contributed by atoms with van der Waals surface area (Å²) in [4.78, 5) is 8.16. The number of nitrogens with two attached hydrogens (primary N) is 1. The van der Waals surface area contributed by atoms with Crippen molar-refractivity contribution in [2.24, 2.45) is 5.41 Å². The highest BCUT2D eigenvalue weighted by atomic mass is 16.3. The molecule has 0 aliphatic heterocycles. The topological polar surface area (TPSA) is 84.1 Å². The Morgan fingerprint density at radius 3 is 2.81 bits per heavy atom. The van der Waals surface area contributed by atoms with Crippen molar-refractivity contribution >= 4 is 11.6 Å². The van der Waals surface area contributed by atoms with E-state index in [0.717, 1.165) is 37.2 Å². The fourth-order valence-corrected chi connectivity index (χ4v) is 1.77. The lowest BCUT2D eigenvalue weighted by atomic mass is 10.1. The molecular weight excluding hydrogens is 204 g/mol. The van der Waals surface area contributed by atoms with E-state index in [-0.39, 0.29) is 12.0 Å². The first-order valence-corrected chi connectivity index (χ1v) is 5.65. The molecule has 2 rings (SSSR count). The zero-order valence-corrected chi connectivity index (χ0v) is 9.53. The normalized spacial score (nSPS) is 17.1. The lowest BCUT2D eigenvalue weighted by Gasteiger charge is -2.15. The Bertz CT molecular complexity index is 376. The van der Waals surface area contributed by atoms with Gasteiger partial charge in [0.25, 0.3) is 0 Å². The predicted molar refractivity (Wildman–Crippen MR) is 63.1 cm³/mol. The van der Waals surface area contributed by atoms with E-state index in [1.54, 1.807) is 0 Å². The fourth-order valence-electron chi connectivity index (χ4n) is 1.77. The van der Waals surface area contributed by atoms with Gasteiger partial charge in [0.2, 0.25) is 0 Å². The van der Waals surface area contributed by atoms with Crippen LogP contribution in [0.3, 0.4) is 0 Å². The first-order valence-electron chi connectivity index (χ1n) is 5.65. The lowest BCUT2D eigenvalue weighted by molar-refractivity contribution is 0.219. The van der Waals surface area contributed by atoms with Crippen LogP contribution in [0.25, 0.3) is 0 Å². The molecule has 0 spiro atoms. The quantitative estimate of drug-likeness (QED) is 0.686. The van der Waals surface area contributed by atoms with Gasteiger partial charge in [-0.1, -0.05) is 6.92 Å². The molecule has 1 heterocycles. The molecule has 5 nitrogen and oxygen atoms in total. The van der Waals surface area contributed by atoms with Gasteiger partial charge in [-0.05, 0) is 19.3 Å². The number of aromatic nitrogens is 2. The molecule has 0 bridgehead atoms. The number of aliphatic hydroxyl groups is 1. The van der Waals surface area contributed by atoms with Crippen LogP contribution in [0.1, 0.15) is 25.3 Å². The summed E-state index contributed by atoms with van der Waals surface area (Å²) in [6.07, 6.45) is 4.44. The first-order chi connectivity index (χ1) is 7.71. The summed E-state index contributed by atoms with van der Waals surface area (Å²) in [5.74, 6) is 1.34. The molecule has 1 fully saturated rings. The second kappa shape index (κ2) is 4.25. The summed E-state index contributed by atoms with van der Waals surface area (Å²) >= 11 is 0. The van der Waals surface area contributed by atoms with E-state index in [9.17, 15) is 5.11 Å². The van der Waals surface area contributed by atoms with Crippen LogP contribution in [0, 0.1) is 5.41 Å². The Morgan fingerprint density at radius 1 is 1.50 bits per heavy atom. The highest BCUT2D eigenvalue weighted by Crippen LogP contribution is 2.45. The molecule has 88 valence electrons. The van der Waals surface area contributed by atoms with Crippen molar-refractivity contribution in [1.29, 1.82) is 0 Å². The third kappa shape index (κ3) is 2.09. The van der Waals surface area contributed by atoms with Crippen molar-refractivity contribution in [3.8, 4) is 0 Å². The second-order valence-corrected chi connectivity index (χ2v) is 4.45. The molecule has 1 aliphatic rings. The third-order valence-electron chi connectivity index (χ3n) is 3.26. The Hall–Kier alpha value is -1.36. The summed E-state index contributed by atoms with van der Waals surface area (Å²) in [6, 6.07) is 0. The van der Waals surface area contributed by atoms with Gasteiger partial charge in [0.1, 0.15) is 18.0 Å². The molecule has 0 amide bonds. The molecule has 4 N–H and O–H groups in total. The Labute approximate surface area is 95.1 Å². The minimum atomic E-state index is 0.0741. The Balaban J connectivity index is 2.06. The lowest BCUT2D eigenvalue weighted by Crippen LogP contribution is -2.20. The maximum atomic E-state index is 9.22.